The Morgan fingerprint density at radius 3 is 2.80 bits per heavy atom. The van der Waals surface area contributed by atoms with Crippen LogP contribution in [-0.4, -0.2) is 10.9 Å². The second kappa shape index (κ2) is 5.83. The minimum Gasteiger partial charge on any atom is -0.465 e. The Hall–Kier alpha value is -2.89. The molecule has 0 atom stereocenters. The highest BCUT2D eigenvalue weighted by atomic mass is 16.6. The van der Waals surface area contributed by atoms with Crippen LogP contribution in [0.15, 0.2) is 47.1 Å². The number of nitro groups is 1. The SMILES string of the molecule is Cc1cc(OC(=O)/C=C/c2ccco2)ccc1[N+](=O)[O-]. The Bertz CT molecular complexity index is 658. The summed E-state index contributed by atoms with van der Waals surface area (Å²) in [6.45, 7) is 1.58. The van der Waals surface area contributed by atoms with E-state index in [1.807, 2.05) is 0 Å². The van der Waals surface area contributed by atoms with Gasteiger partial charge in [0.1, 0.15) is 11.5 Å². The van der Waals surface area contributed by atoms with Crippen molar-refractivity contribution in [1.29, 1.82) is 0 Å². The molecule has 2 rings (SSSR count). The fraction of sp³-hybridized carbons (Fsp3) is 0.0714. The third kappa shape index (κ3) is 3.32. The van der Waals surface area contributed by atoms with Crippen molar-refractivity contribution in [3.63, 3.8) is 0 Å². The molecule has 0 aliphatic heterocycles. The number of carbonyl (C=O) groups is 1. The summed E-state index contributed by atoms with van der Waals surface area (Å²) in [7, 11) is 0. The molecule has 6 nitrogen and oxygen atoms in total. The number of hydrogen-bond donors (Lipinski definition) is 0. The van der Waals surface area contributed by atoms with Gasteiger partial charge in [-0.25, -0.2) is 4.79 Å². The van der Waals surface area contributed by atoms with E-state index in [-0.39, 0.29) is 11.4 Å². The molecule has 2 aromatic rings. The van der Waals surface area contributed by atoms with E-state index in [0.717, 1.165) is 0 Å². The van der Waals surface area contributed by atoms with Gasteiger partial charge in [0.2, 0.25) is 0 Å². The van der Waals surface area contributed by atoms with E-state index in [0.29, 0.717) is 11.3 Å². The van der Waals surface area contributed by atoms with Gasteiger partial charge in [0.25, 0.3) is 5.69 Å². The molecule has 0 unspecified atom stereocenters. The normalized spacial score (nSPS) is 10.7. The maximum absolute atomic E-state index is 11.6. The van der Waals surface area contributed by atoms with E-state index < -0.39 is 10.9 Å². The van der Waals surface area contributed by atoms with Crippen molar-refractivity contribution in [3.8, 4) is 5.75 Å². The lowest BCUT2D eigenvalue weighted by atomic mass is 10.2. The second-order valence-electron chi connectivity index (χ2n) is 3.98. The number of ether oxygens (including phenoxy) is 1. The molecule has 1 aromatic heterocycles. The summed E-state index contributed by atoms with van der Waals surface area (Å²) in [5.41, 5.74) is 0.409. The Kier molecular flexibility index (Phi) is 3.95. The van der Waals surface area contributed by atoms with Gasteiger partial charge >= 0.3 is 5.97 Å². The van der Waals surface area contributed by atoms with E-state index in [4.69, 9.17) is 9.15 Å². The monoisotopic (exact) mass is 273 g/mol. The molecule has 20 heavy (non-hydrogen) atoms. The first-order valence-electron chi connectivity index (χ1n) is 5.75. The molecule has 0 fully saturated rings. The van der Waals surface area contributed by atoms with Gasteiger partial charge in [-0.05, 0) is 37.3 Å². The average molecular weight is 273 g/mol. The maximum Gasteiger partial charge on any atom is 0.336 e. The molecule has 0 saturated carbocycles. The van der Waals surface area contributed by atoms with Crippen LogP contribution in [0.25, 0.3) is 6.08 Å². The van der Waals surface area contributed by atoms with Crippen molar-refractivity contribution in [2.45, 2.75) is 6.92 Å². The zero-order chi connectivity index (χ0) is 14.5. The zero-order valence-electron chi connectivity index (χ0n) is 10.6. The first kappa shape index (κ1) is 13.5. The van der Waals surface area contributed by atoms with Crippen molar-refractivity contribution >= 4 is 17.7 Å². The summed E-state index contributed by atoms with van der Waals surface area (Å²) in [6, 6.07) is 7.51. The van der Waals surface area contributed by atoms with Gasteiger partial charge in [0, 0.05) is 17.7 Å². The van der Waals surface area contributed by atoms with Gasteiger partial charge in [-0.1, -0.05) is 0 Å². The summed E-state index contributed by atoms with van der Waals surface area (Å²) in [5, 5.41) is 10.7. The maximum atomic E-state index is 11.6. The number of carbonyl (C=O) groups excluding carboxylic acids is 1. The zero-order valence-corrected chi connectivity index (χ0v) is 10.6. The van der Waals surface area contributed by atoms with Gasteiger partial charge in [-0.2, -0.15) is 0 Å². The van der Waals surface area contributed by atoms with Crippen molar-refractivity contribution in [1.82, 2.24) is 0 Å². The first-order valence-corrected chi connectivity index (χ1v) is 5.75. The van der Waals surface area contributed by atoms with Crippen LogP contribution in [0.4, 0.5) is 5.69 Å². The number of nitrogens with zero attached hydrogens (tertiary/aromatic N) is 1. The molecule has 0 amide bonds. The lowest BCUT2D eigenvalue weighted by molar-refractivity contribution is -0.385. The number of nitro benzene ring substituents is 1. The third-order valence-corrected chi connectivity index (χ3v) is 2.51. The highest BCUT2D eigenvalue weighted by Gasteiger charge is 2.11. The largest absolute Gasteiger partial charge is 0.465 e. The molecule has 1 heterocycles. The molecular formula is C14H11NO5. The van der Waals surface area contributed by atoms with Gasteiger partial charge in [0.15, 0.2) is 0 Å². The number of rotatable bonds is 4. The molecule has 6 heteroatoms. The Labute approximate surface area is 114 Å². The highest BCUT2D eigenvalue weighted by Crippen LogP contribution is 2.23. The average Bonchev–Trinajstić information content (AvgIpc) is 2.89. The number of hydrogen-bond acceptors (Lipinski definition) is 5. The number of furan rings is 1. The van der Waals surface area contributed by atoms with Gasteiger partial charge in [-0.3, -0.25) is 10.1 Å². The molecule has 1 aromatic carbocycles. The van der Waals surface area contributed by atoms with E-state index in [1.165, 1.54) is 36.6 Å². The summed E-state index contributed by atoms with van der Waals surface area (Å²) >= 11 is 0. The Morgan fingerprint density at radius 2 is 2.20 bits per heavy atom. The predicted octanol–water partition coefficient (Wildman–Crippen LogP) is 3.12. The molecule has 0 bridgehead atoms. The van der Waals surface area contributed by atoms with Crippen LogP contribution >= 0.6 is 0 Å². The highest BCUT2D eigenvalue weighted by molar-refractivity contribution is 5.88. The van der Waals surface area contributed by atoms with Crippen LogP contribution in [0.5, 0.6) is 5.75 Å². The smallest absolute Gasteiger partial charge is 0.336 e. The minimum absolute atomic E-state index is 0.0177. The molecule has 0 radical (unpaired) electrons. The number of esters is 1. The van der Waals surface area contributed by atoms with Crippen molar-refractivity contribution in [3.05, 3.63) is 64.1 Å². The van der Waals surface area contributed by atoms with Gasteiger partial charge in [0.05, 0.1) is 11.2 Å². The first-order chi connectivity index (χ1) is 9.56. The molecule has 0 spiro atoms. The summed E-state index contributed by atoms with van der Waals surface area (Å²) < 4.78 is 10.1. The van der Waals surface area contributed by atoms with Crippen LogP contribution in [0.3, 0.4) is 0 Å². The van der Waals surface area contributed by atoms with Crippen LogP contribution in [0, 0.1) is 17.0 Å². The Morgan fingerprint density at radius 1 is 1.40 bits per heavy atom. The summed E-state index contributed by atoms with van der Waals surface area (Å²) in [5.74, 6) is 0.193. The molecule has 102 valence electrons. The van der Waals surface area contributed by atoms with Crippen molar-refractivity contribution in [2.24, 2.45) is 0 Å². The predicted molar refractivity (Wildman–Crippen MR) is 71.2 cm³/mol. The van der Waals surface area contributed by atoms with Crippen LogP contribution in [0.2, 0.25) is 0 Å². The van der Waals surface area contributed by atoms with Gasteiger partial charge in [-0.15, -0.1) is 0 Å². The lowest BCUT2D eigenvalue weighted by Crippen LogP contribution is -2.04. The third-order valence-electron chi connectivity index (χ3n) is 2.51. The molecule has 0 aliphatic rings. The van der Waals surface area contributed by atoms with Crippen LogP contribution in [-0.2, 0) is 4.79 Å². The molecule has 0 saturated heterocycles. The fourth-order valence-electron chi connectivity index (χ4n) is 1.58. The number of aryl methyl sites for hydroxylation is 1. The van der Waals surface area contributed by atoms with Crippen molar-refractivity contribution < 1.29 is 18.9 Å². The van der Waals surface area contributed by atoms with E-state index >= 15 is 0 Å². The van der Waals surface area contributed by atoms with E-state index in [1.54, 1.807) is 19.1 Å². The van der Waals surface area contributed by atoms with Gasteiger partial charge < -0.3 is 9.15 Å². The standard InChI is InChI=1S/C14H11NO5/c1-10-9-12(4-6-13(10)15(17)18)20-14(16)7-5-11-3-2-8-19-11/h2-9H,1H3/b7-5+. The summed E-state index contributed by atoms with van der Waals surface area (Å²) in [4.78, 5) is 21.7. The number of benzene rings is 1. The Balaban J connectivity index is 2.05. The lowest BCUT2D eigenvalue weighted by Gasteiger charge is -2.02. The molecule has 0 N–H and O–H groups in total. The van der Waals surface area contributed by atoms with Crippen LogP contribution in [0.1, 0.15) is 11.3 Å². The quantitative estimate of drug-likeness (QED) is 0.281. The van der Waals surface area contributed by atoms with Crippen molar-refractivity contribution in [2.75, 3.05) is 0 Å². The molecular weight excluding hydrogens is 262 g/mol. The van der Waals surface area contributed by atoms with E-state index in [9.17, 15) is 14.9 Å². The van der Waals surface area contributed by atoms with E-state index in [2.05, 4.69) is 0 Å². The molecule has 0 aliphatic carbocycles. The summed E-state index contributed by atoms with van der Waals surface area (Å²) in [6.07, 6.45) is 4.18. The fourth-order valence-corrected chi connectivity index (χ4v) is 1.58. The minimum atomic E-state index is -0.588. The second-order valence-corrected chi connectivity index (χ2v) is 3.98. The van der Waals surface area contributed by atoms with Crippen LogP contribution < -0.4 is 4.74 Å². The topological polar surface area (TPSA) is 82.6 Å².